The van der Waals surface area contributed by atoms with Crippen LogP contribution in [0.5, 0.6) is 0 Å². The van der Waals surface area contributed by atoms with Crippen molar-refractivity contribution in [3.63, 3.8) is 0 Å². The first-order valence-electron chi connectivity index (χ1n) is 10.1. The van der Waals surface area contributed by atoms with E-state index in [9.17, 15) is 13.2 Å². The largest absolute Gasteiger partial charge is 0.325 e. The summed E-state index contributed by atoms with van der Waals surface area (Å²) in [6.07, 6.45) is 6.01. The van der Waals surface area contributed by atoms with Gasteiger partial charge in [0.2, 0.25) is 5.91 Å². The second kappa shape index (κ2) is 9.52. The number of nitrogens with zero attached hydrogens (tertiary/aromatic N) is 2. The van der Waals surface area contributed by atoms with E-state index in [1.165, 1.54) is 18.6 Å². The zero-order valence-electron chi connectivity index (χ0n) is 16.5. The lowest BCUT2D eigenvalue weighted by atomic mass is 10.0. The van der Waals surface area contributed by atoms with Crippen molar-refractivity contribution in [1.82, 2.24) is 9.62 Å². The van der Waals surface area contributed by atoms with Gasteiger partial charge in [-0.3, -0.25) is 19.4 Å². The van der Waals surface area contributed by atoms with Crippen LogP contribution in [0.3, 0.4) is 0 Å². The van der Waals surface area contributed by atoms with Crippen LogP contribution in [0, 0.1) is 5.92 Å². The Morgan fingerprint density at radius 2 is 1.96 bits per heavy atom. The van der Waals surface area contributed by atoms with Gasteiger partial charge in [0.15, 0.2) is 0 Å². The summed E-state index contributed by atoms with van der Waals surface area (Å²) in [6, 6.07) is 6.27. The van der Waals surface area contributed by atoms with Crippen LogP contribution >= 0.6 is 0 Å². The van der Waals surface area contributed by atoms with Crippen molar-refractivity contribution in [2.24, 2.45) is 10.9 Å². The van der Waals surface area contributed by atoms with E-state index in [-0.39, 0.29) is 10.8 Å². The molecule has 7 nitrogen and oxygen atoms in total. The highest BCUT2D eigenvalue weighted by atomic mass is 32.2. The number of anilines is 1. The van der Waals surface area contributed by atoms with Gasteiger partial charge in [0, 0.05) is 25.2 Å². The topological polar surface area (TPSA) is 90.9 Å². The van der Waals surface area contributed by atoms with E-state index < -0.39 is 10.0 Å². The minimum absolute atomic E-state index is 0.0735. The molecule has 3 rings (SSSR count). The summed E-state index contributed by atoms with van der Waals surface area (Å²) >= 11 is 0. The van der Waals surface area contributed by atoms with Crippen molar-refractivity contribution in [1.29, 1.82) is 0 Å². The summed E-state index contributed by atoms with van der Waals surface area (Å²) in [5, 5.41) is 2.85. The van der Waals surface area contributed by atoms with Crippen LogP contribution < -0.4 is 10.0 Å². The van der Waals surface area contributed by atoms with Crippen molar-refractivity contribution >= 4 is 27.5 Å². The fourth-order valence-corrected chi connectivity index (χ4v) is 4.81. The number of hydrogen-bond acceptors (Lipinski definition) is 5. The molecule has 0 spiro atoms. The standard InChI is InChI=1S/C20H30N4O3S/c1-16-6-5-13-24(14-16)15-20(25)22-17-8-10-18(11-9-17)28(26,27)23-19-7-3-2-4-12-21-19/h8-11,16H,2-7,12-15H2,1H3,(H,21,23)(H,22,25). The number of sulfonamides is 1. The van der Waals surface area contributed by atoms with Gasteiger partial charge in [-0.25, -0.2) is 8.42 Å². The molecule has 0 saturated carbocycles. The molecule has 1 unspecified atom stereocenters. The maximum atomic E-state index is 12.6. The highest BCUT2D eigenvalue weighted by molar-refractivity contribution is 7.90. The highest BCUT2D eigenvalue weighted by Gasteiger charge is 2.19. The number of carbonyl (C=O) groups excluding carboxylic acids is 1. The molecule has 0 aromatic heterocycles. The Morgan fingerprint density at radius 1 is 1.18 bits per heavy atom. The first-order chi connectivity index (χ1) is 13.4. The fourth-order valence-electron chi connectivity index (χ4n) is 3.72. The first kappa shape index (κ1) is 20.8. The van der Waals surface area contributed by atoms with E-state index in [0.717, 1.165) is 38.8 Å². The molecule has 8 heteroatoms. The first-order valence-corrected chi connectivity index (χ1v) is 11.6. The lowest BCUT2D eigenvalue weighted by Gasteiger charge is -2.30. The molecule has 0 bridgehead atoms. The highest BCUT2D eigenvalue weighted by Crippen LogP contribution is 2.17. The molecule has 1 aromatic carbocycles. The summed E-state index contributed by atoms with van der Waals surface area (Å²) in [5.74, 6) is 1.08. The molecule has 2 aliphatic rings. The Bertz CT molecular complexity index is 805. The molecular weight excluding hydrogens is 376 g/mol. The zero-order valence-corrected chi connectivity index (χ0v) is 17.3. The maximum Gasteiger partial charge on any atom is 0.262 e. The smallest absolute Gasteiger partial charge is 0.262 e. The average Bonchev–Trinajstić information content (AvgIpc) is 2.90. The van der Waals surface area contributed by atoms with Crippen LogP contribution in [0.15, 0.2) is 34.2 Å². The van der Waals surface area contributed by atoms with E-state index in [1.54, 1.807) is 12.1 Å². The minimum atomic E-state index is -3.65. The number of piperidine rings is 1. The Balaban J connectivity index is 1.56. The lowest BCUT2D eigenvalue weighted by molar-refractivity contribution is -0.117. The normalized spacial score (nSPS) is 21.5. The maximum absolute atomic E-state index is 12.6. The Morgan fingerprint density at radius 3 is 2.71 bits per heavy atom. The molecule has 2 heterocycles. The summed E-state index contributed by atoms with van der Waals surface area (Å²) in [6.45, 7) is 5.13. The van der Waals surface area contributed by atoms with Gasteiger partial charge in [-0.2, -0.15) is 0 Å². The van der Waals surface area contributed by atoms with Crippen LogP contribution in [0.4, 0.5) is 5.69 Å². The quantitative estimate of drug-likeness (QED) is 0.786. The second-order valence-electron chi connectivity index (χ2n) is 7.80. The number of carbonyl (C=O) groups is 1. The molecule has 154 valence electrons. The van der Waals surface area contributed by atoms with E-state index >= 15 is 0 Å². The van der Waals surface area contributed by atoms with Gasteiger partial charge in [-0.1, -0.05) is 13.3 Å². The Kier molecular flexibility index (Phi) is 7.07. The lowest BCUT2D eigenvalue weighted by Crippen LogP contribution is -2.39. The molecule has 0 aliphatic carbocycles. The molecule has 1 saturated heterocycles. The summed E-state index contributed by atoms with van der Waals surface area (Å²) in [4.78, 5) is 18.9. The Hall–Kier alpha value is -1.93. The van der Waals surface area contributed by atoms with Crippen molar-refractivity contribution in [2.75, 3.05) is 31.5 Å². The molecule has 2 N–H and O–H groups in total. The van der Waals surface area contributed by atoms with Gasteiger partial charge in [-0.15, -0.1) is 0 Å². The SMILES string of the molecule is CC1CCCN(CC(=O)Nc2ccc(S(=O)(=O)NC3=NCCCCC3)cc2)C1. The van der Waals surface area contributed by atoms with Gasteiger partial charge in [0.1, 0.15) is 5.84 Å². The molecular formula is C20H30N4O3S. The Labute approximate surface area is 167 Å². The van der Waals surface area contributed by atoms with Crippen molar-refractivity contribution < 1.29 is 13.2 Å². The van der Waals surface area contributed by atoms with Gasteiger partial charge in [-0.05, 0) is 62.4 Å². The number of nitrogens with one attached hydrogen (secondary N) is 2. The van der Waals surface area contributed by atoms with Crippen LogP contribution in [0.2, 0.25) is 0 Å². The minimum Gasteiger partial charge on any atom is -0.325 e. The summed E-state index contributed by atoms with van der Waals surface area (Å²) < 4.78 is 27.7. The fraction of sp³-hybridized carbons (Fsp3) is 0.600. The third-order valence-electron chi connectivity index (χ3n) is 5.18. The van der Waals surface area contributed by atoms with Crippen molar-refractivity contribution in [3.05, 3.63) is 24.3 Å². The number of amides is 1. The third-order valence-corrected chi connectivity index (χ3v) is 6.58. The number of hydrogen-bond donors (Lipinski definition) is 2. The monoisotopic (exact) mass is 406 g/mol. The van der Waals surface area contributed by atoms with Crippen molar-refractivity contribution in [3.8, 4) is 0 Å². The number of rotatable bonds is 5. The molecule has 1 amide bonds. The number of aliphatic imine (C=N–C) groups is 1. The van der Waals surface area contributed by atoms with Crippen LogP contribution in [-0.2, 0) is 14.8 Å². The number of benzene rings is 1. The van der Waals surface area contributed by atoms with Gasteiger partial charge in [0.05, 0.1) is 11.4 Å². The zero-order chi connectivity index (χ0) is 20.0. The van der Waals surface area contributed by atoms with E-state index in [1.807, 2.05) is 0 Å². The van der Waals surface area contributed by atoms with Gasteiger partial charge >= 0.3 is 0 Å². The summed E-state index contributed by atoms with van der Waals surface area (Å²) in [7, 11) is -3.65. The van der Waals surface area contributed by atoms with Crippen molar-refractivity contribution in [2.45, 2.75) is 50.3 Å². The predicted molar refractivity (Wildman–Crippen MR) is 111 cm³/mol. The second-order valence-corrected chi connectivity index (χ2v) is 9.48. The molecule has 1 atom stereocenters. The molecule has 0 radical (unpaired) electrons. The van der Waals surface area contributed by atoms with Crippen LogP contribution in [0.1, 0.15) is 45.4 Å². The third kappa shape index (κ3) is 6.04. The van der Waals surface area contributed by atoms with E-state index in [0.29, 0.717) is 37.0 Å². The summed E-state index contributed by atoms with van der Waals surface area (Å²) in [5.41, 5.74) is 0.598. The molecule has 28 heavy (non-hydrogen) atoms. The van der Waals surface area contributed by atoms with E-state index in [4.69, 9.17) is 0 Å². The molecule has 1 fully saturated rings. The average molecular weight is 407 g/mol. The van der Waals surface area contributed by atoms with Gasteiger partial charge in [0.25, 0.3) is 10.0 Å². The number of amidine groups is 1. The molecule has 2 aliphatic heterocycles. The van der Waals surface area contributed by atoms with E-state index in [2.05, 4.69) is 26.9 Å². The van der Waals surface area contributed by atoms with Gasteiger partial charge < -0.3 is 5.32 Å². The number of likely N-dealkylation sites (tertiary alicyclic amines) is 1. The van der Waals surface area contributed by atoms with Crippen LogP contribution in [0.25, 0.3) is 0 Å². The molecule has 1 aromatic rings. The predicted octanol–water partition coefficient (Wildman–Crippen LogP) is 2.61. The van der Waals surface area contributed by atoms with Crippen LogP contribution in [-0.4, -0.2) is 51.2 Å².